The summed E-state index contributed by atoms with van der Waals surface area (Å²) in [6.07, 6.45) is 4.45. The van der Waals surface area contributed by atoms with Crippen LogP contribution in [0.3, 0.4) is 0 Å². The van der Waals surface area contributed by atoms with Crippen molar-refractivity contribution in [1.29, 1.82) is 0 Å². The summed E-state index contributed by atoms with van der Waals surface area (Å²) in [5.74, 6) is 0.931. The quantitative estimate of drug-likeness (QED) is 0.795. The van der Waals surface area contributed by atoms with Crippen LogP contribution in [0.4, 0.5) is 0 Å². The molecule has 3 nitrogen and oxygen atoms in total. The van der Waals surface area contributed by atoms with E-state index in [2.05, 4.69) is 26.1 Å². The summed E-state index contributed by atoms with van der Waals surface area (Å²) in [5.41, 5.74) is 0. The van der Waals surface area contributed by atoms with Gasteiger partial charge in [-0.1, -0.05) is 13.8 Å². The summed E-state index contributed by atoms with van der Waals surface area (Å²) >= 11 is 0. The number of nitrogens with zero attached hydrogens (tertiary/aromatic N) is 1. The van der Waals surface area contributed by atoms with Crippen molar-refractivity contribution in [2.45, 2.75) is 58.5 Å². The number of hydrogen-bond acceptors (Lipinski definition) is 2. The zero-order valence-corrected chi connectivity index (χ0v) is 11.1. The van der Waals surface area contributed by atoms with Crippen LogP contribution in [0.2, 0.25) is 0 Å². The summed E-state index contributed by atoms with van der Waals surface area (Å²) in [6.45, 7) is 7.43. The van der Waals surface area contributed by atoms with Gasteiger partial charge in [0.1, 0.15) is 0 Å². The Morgan fingerprint density at radius 2 is 2.12 bits per heavy atom. The van der Waals surface area contributed by atoms with Gasteiger partial charge in [-0.05, 0) is 38.5 Å². The van der Waals surface area contributed by atoms with Crippen molar-refractivity contribution in [1.82, 2.24) is 10.2 Å². The number of carbonyl (C=O) groups is 1. The molecular formula is C13H26N2O. The average molecular weight is 226 g/mol. The van der Waals surface area contributed by atoms with Crippen LogP contribution in [0.25, 0.3) is 0 Å². The van der Waals surface area contributed by atoms with Crippen LogP contribution < -0.4 is 5.32 Å². The lowest BCUT2D eigenvalue weighted by atomic mass is 9.98. The Labute approximate surface area is 99.6 Å². The van der Waals surface area contributed by atoms with Gasteiger partial charge in [0.05, 0.1) is 6.04 Å². The lowest BCUT2D eigenvalue weighted by molar-refractivity contribution is -0.133. The Balaban J connectivity index is 2.37. The summed E-state index contributed by atoms with van der Waals surface area (Å²) in [6, 6.07) is 0.544. The lowest BCUT2D eigenvalue weighted by Crippen LogP contribution is -2.50. The van der Waals surface area contributed by atoms with E-state index in [1.165, 1.54) is 12.8 Å². The van der Waals surface area contributed by atoms with Crippen LogP contribution in [0.1, 0.15) is 46.5 Å². The molecule has 0 aromatic rings. The van der Waals surface area contributed by atoms with Crippen LogP contribution >= 0.6 is 0 Å². The summed E-state index contributed by atoms with van der Waals surface area (Å²) < 4.78 is 0. The Morgan fingerprint density at radius 3 is 2.69 bits per heavy atom. The molecule has 1 aliphatic rings. The molecule has 1 saturated heterocycles. The second-order valence-electron chi connectivity index (χ2n) is 5.49. The lowest BCUT2D eigenvalue weighted by Gasteiger charge is -2.31. The van der Waals surface area contributed by atoms with E-state index in [1.807, 2.05) is 11.9 Å². The summed E-state index contributed by atoms with van der Waals surface area (Å²) in [7, 11) is 1.92. The predicted molar refractivity (Wildman–Crippen MR) is 67.3 cm³/mol. The highest BCUT2D eigenvalue weighted by molar-refractivity contribution is 5.81. The number of likely N-dealkylation sites (N-methyl/N-ethyl adjacent to an activating group) is 1. The molecule has 1 heterocycles. The van der Waals surface area contributed by atoms with Crippen molar-refractivity contribution in [3.05, 3.63) is 0 Å². The molecule has 0 saturated carbocycles. The van der Waals surface area contributed by atoms with Gasteiger partial charge in [-0.15, -0.1) is 0 Å². The fraction of sp³-hybridized carbons (Fsp3) is 0.923. The molecule has 1 fully saturated rings. The second-order valence-corrected chi connectivity index (χ2v) is 5.49. The molecule has 1 aliphatic heterocycles. The van der Waals surface area contributed by atoms with Gasteiger partial charge < -0.3 is 10.2 Å². The molecule has 0 aliphatic carbocycles. The smallest absolute Gasteiger partial charge is 0.239 e. The minimum absolute atomic E-state index is 0.0564. The number of hydrogen-bond donors (Lipinski definition) is 1. The fourth-order valence-electron chi connectivity index (χ4n) is 2.16. The maximum atomic E-state index is 12.1. The Morgan fingerprint density at radius 1 is 1.44 bits per heavy atom. The molecular weight excluding hydrogens is 200 g/mol. The third kappa shape index (κ3) is 4.12. The molecule has 0 radical (unpaired) electrons. The van der Waals surface area contributed by atoms with Crippen molar-refractivity contribution in [2.24, 2.45) is 5.92 Å². The SMILES string of the molecule is CC(C)CCN(C)C(=O)C1CCCC(C)N1. The van der Waals surface area contributed by atoms with E-state index in [0.29, 0.717) is 12.0 Å². The first-order chi connectivity index (χ1) is 7.50. The Kier molecular flexibility index (Phi) is 5.26. The van der Waals surface area contributed by atoms with Crippen molar-refractivity contribution >= 4 is 5.91 Å². The van der Waals surface area contributed by atoms with E-state index < -0.39 is 0 Å². The zero-order valence-electron chi connectivity index (χ0n) is 11.1. The normalized spacial score (nSPS) is 25.8. The van der Waals surface area contributed by atoms with Gasteiger partial charge in [0.25, 0.3) is 0 Å². The van der Waals surface area contributed by atoms with Crippen molar-refractivity contribution in [3.8, 4) is 0 Å². The third-order valence-corrected chi connectivity index (χ3v) is 3.33. The van der Waals surface area contributed by atoms with E-state index in [9.17, 15) is 4.79 Å². The summed E-state index contributed by atoms with van der Waals surface area (Å²) in [5, 5.41) is 3.39. The largest absolute Gasteiger partial charge is 0.344 e. The van der Waals surface area contributed by atoms with Crippen LogP contribution in [-0.4, -0.2) is 36.5 Å². The van der Waals surface area contributed by atoms with Crippen LogP contribution in [0.15, 0.2) is 0 Å². The van der Waals surface area contributed by atoms with Gasteiger partial charge in [0.15, 0.2) is 0 Å². The van der Waals surface area contributed by atoms with E-state index >= 15 is 0 Å². The topological polar surface area (TPSA) is 32.3 Å². The van der Waals surface area contributed by atoms with Crippen molar-refractivity contribution < 1.29 is 4.79 Å². The molecule has 0 spiro atoms. The van der Waals surface area contributed by atoms with Gasteiger partial charge in [0, 0.05) is 19.6 Å². The molecule has 0 aromatic carbocycles. The predicted octanol–water partition coefficient (Wildman–Crippen LogP) is 2.02. The van der Waals surface area contributed by atoms with Gasteiger partial charge in [-0.3, -0.25) is 4.79 Å². The molecule has 1 N–H and O–H groups in total. The van der Waals surface area contributed by atoms with Crippen molar-refractivity contribution in [3.63, 3.8) is 0 Å². The second kappa shape index (κ2) is 6.24. The minimum atomic E-state index is 0.0564. The summed E-state index contributed by atoms with van der Waals surface area (Å²) in [4.78, 5) is 14.0. The van der Waals surface area contributed by atoms with E-state index in [1.54, 1.807) is 0 Å². The monoisotopic (exact) mass is 226 g/mol. The van der Waals surface area contributed by atoms with E-state index in [-0.39, 0.29) is 11.9 Å². The Hall–Kier alpha value is -0.570. The first kappa shape index (κ1) is 13.5. The van der Waals surface area contributed by atoms with Crippen LogP contribution in [0, 0.1) is 5.92 Å². The van der Waals surface area contributed by atoms with Gasteiger partial charge in [-0.25, -0.2) is 0 Å². The standard InChI is InChI=1S/C13H26N2O/c1-10(2)8-9-15(4)13(16)12-7-5-6-11(3)14-12/h10-12,14H,5-9H2,1-4H3. The molecule has 1 amide bonds. The highest BCUT2D eigenvalue weighted by Crippen LogP contribution is 2.14. The molecule has 94 valence electrons. The number of rotatable bonds is 4. The minimum Gasteiger partial charge on any atom is -0.344 e. The molecule has 16 heavy (non-hydrogen) atoms. The molecule has 2 unspecified atom stereocenters. The highest BCUT2D eigenvalue weighted by atomic mass is 16.2. The molecule has 2 atom stereocenters. The third-order valence-electron chi connectivity index (χ3n) is 3.33. The number of nitrogens with one attached hydrogen (secondary N) is 1. The van der Waals surface area contributed by atoms with Gasteiger partial charge in [-0.2, -0.15) is 0 Å². The molecule has 3 heteroatoms. The maximum Gasteiger partial charge on any atom is 0.239 e. The van der Waals surface area contributed by atoms with Crippen LogP contribution in [-0.2, 0) is 4.79 Å². The zero-order chi connectivity index (χ0) is 12.1. The number of amides is 1. The van der Waals surface area contributed by atoms with Crippen molar-refractivity contribution in [2.75, 3.05) is 13.6 Å². The van der Waals surface area contributed by atoms with Gasteiger partial charge in [0.2, 0.25) is 5.91 Å². The van der Waals surface area contributed by atoms with Crippen LogP contribution in [0.5, 0.6) is 0 Å². The fourth-order valence-corrected chi connectivity index (χ4v) is 2.16. The molecule has 0 aromatic heterocycles. The van der Waals surface area contributed by atoms with E-state index in [4.69, 9.17) is 0 Å². The Bertz CT molecular complexity index is 228. The van der Waals surface area contributed by atoms with E-state index in [0.717, 1.165) is 19.4 Å². The average Bonchev–Trinajstić information content (AvgIpc) is 2.24. The van der Waals surface area contributed by atoms with Gasteiger partial charge >= 0.3 is 0 Å². The number of carbonyl (C=O) groups excluding carboxylic acids is 1. The highest BCUT2D eigenvalue weighted by Gasteiger charge is 2.26. The maximum absolute atomic E-state index is 12.1. The molecule has 1 rings (SSSR count). The number of piperidine rings is 1. The first-order valence-electron chi connectivity index (χ1n) is 6.51. The molecule has 0 bridgehead atoms. The first-order valence-corrected chi connectivity index (χ1v) is 6.51.